The summed E-state index contributed by atoms with van der Waals surface area (Å²) >= 11 is 2.10. The van der Waals surface area contributed by atoms with E-state index in [1.807, 2.05) is 0 Å². The van der Waals surface area contributed by atoms with Crippen LogP contribution in [-0.2, 0) is 0 Å². The number of rotatable bonds is 6. The van der Waals surface area contributed by atoms with Crippen LogP contribution in [0.15, 0.2) is 6.07 Å². The number of aromatic nitrogens is 2. The van der Waals surface area contributed by atoms with Crippen LogP contribution in [0.2, 0.25) is 0 Å². The highest BCUT2D eigenvalue weighted by Crippen LogP contribution is 2.39. The van der Waals surface area contributed by atoms with Crippen molar-refractivity contribution in [2.75, 3.05) is 35.6 Å². The Morgan fingerprint density at radius 2 is 2.19 bits per heavy atom. The molecule has 0 amide bonds. The molecular formula is C16H26N4S. The first-order valence-corrected chi connectivity index (χ1v) is 9.34. The third-order valence-electron chi connectivity index (χ3n) is 4.15. The van der Waals surface area contributed by atoms with Crippen LogP contribution in [0.1, 0.15) is 51.3 Å². The van der Waals surface area contributed by atoms with Crippen molar-refractivity contribution in [3.05, 3.63) is 11.9 Å². The first-order chi connectivity index (χ1) is 10.3. The molecule has 0 bridgehead atoms. The van der Waals surface area contributed by atoms with Crippen LogP contribution in [0.4, 0.5) is 11.6 Å². The Balaban J connectivity index is 1.80. The molecule has 5 heteroatoms. The number of anilines is 2. The highest BCUT2D eigenvalue weighted by molar-refractivity contribution is 8.00. The minimum absolute atomic E-state index is 0.605. The maximum atomic E-state index is 4.86. The quantitative estimate of drug-likeness (QED) is 0.871. The molecule has 1 atom stereocenters. The fraction of sp³-hybridized carbons (Fsp3) is 0.750. The maximum Gasteiger partial charge on any atom is 0.136 e. The van der Waals surface area contributed by atoms with E-state index in [1.165, 1.54) is 25.0 Å². The molecule has 4 nitrogen and oxygen atoms in total. The summed E-state index contributed by atoms with van der Waals surface area (Å²) in [6, 6.07) is 2.14. The third-order valence-corrected chi connectivity index (χ3v) is 5.52. The molecule has 1 saturated heterocycles. The SMILES string of the molecule is CCCNc1cc(N2CCSC(CC)C2)nc(C2CC2)n1. The summed E-state index contributed by atoms with van der Waals surface area (Å²) in [5.41, 5.74) is 0. The van der Waals surface area contributed by atoms with Crippen LogP contribution in [0, 0.1) is 0 Å². The smallest absolute Gasteiger partial charge is 0.136 e. The second-order valence-corrected chi connectivity index (χ2v) is 7.43. The summed E-state index contributed by atoms with van der Waals surface area (Å²) in [4.78, 5) is 12.0. The second kappa shape index (κ2) is 6.86. The first-order valence-electron chi connectivity index (χ1n) is 8.29. The van der Waals surface area contributed by atoms with Crippen molar-refractivity contribution < 1.29 is 0 Å². The number of nitrogens with zero attached hydrogens (tertiary/aromatic N) is 3. The van der Waals surface area contributed by atoms with E-state index in [0.717, 1.165) is 48.8 Å². The van der Waals surface area contributed by atoms with Gasteiger partial charge < -0.3 is 10.2 Å². The Labute approximate surface area is 132 Å². The van der Waals surface area contributed by atoms with Crippen molar-refractivity contribution in [2.24, 2.45) is 0 Å². The lowest BCUT2D eigenvalue weighted by molar-refractivity contribution is 0.714. The first kappa shape index (κ1) is 14.9. The summed E-state index contributed by atoms with van der Waals surface area (Å²) in [6.07, 6.45) is 4.87. The Hall–Kier alpha value is -0.970. The van der Waals surface area contributed by atoms with Crippen molar-refractivity contribution >= 4 is 23.4 Å². The van der Waals surface area contributed by atoms with Crippen molar-refractivity contribution in [3.63, 3.8) is 0 Å². The molecule has 1 N–H and O–H groups in total. The van der Waals surface area contributed by atoms with Crippen molar-refractivity contribution in [2.45, 2.75) is 50.7 Å². The average molecular weight is 306 g/mol. The van der Waals surface area contributed by atoms with Gasteiger partial charge in [-0.15, -0.1) is 0 Å². The van der Waals surface area contributed by atoms with Gasteiger partial charge in [0.25, 0.3) is 0 Å². The van der Waals surface area contributed by atoms with Crippen LogP contribution in [0.25, 0.3) is 0 Å². The van der Waals surface area contributed by atoms with E-state index in [-0.39, 0.29) is 0 Å². The van der Waals surface area contributed by atoms with Gasteiger partial charge in [-0.1, -0.05) is 13.8 Å². The Morgan fingerprint density at radius 3 is 2.90 bits per heavy atom. The van der Waals surface area contributed by atoms with Gasteiger partial charge in [-0.05, 0) is 25.7 Å². The zero-order valence-electron chi connectivity index (χ0n) is 13.1. The molecule has 0 aromatic carbocycles. The molecular weight excluding hydrogens is 280 g/mol. The third kappa shape index (κ3) is 3.82. The molecule has 1 unspecified atom stereocenters. The summed E-state index contributed by atoms with van der Waals surface area (Å²) in [5.74, 6) is 5.00. The summed E-state index contributed by atoms with van der Waals surface area (Å²) in [7, 11) is 0. The molecule has 1 aliphatic carbocycles. The normalized spacial score (nSPS) is 22.4. The van der Waals surface area contributed by atoms with E-state index in [1.54, 1.807) is 0 Å². The van der Waals surface area contributed by atoms with Gasteiger partial charge in [0, 0.05) is 42.6 Å². The zero-order chi connectivity index (χ0) is 14.7. The molecule has 2 fully saturated rings. The molecule has 2 heterocycles. The minimum atomic E-state index is 0.605. The number of thioether (sulfide) groups is 1. The van der Waals surface area contributed by atoms with Crippen LogP contribution in [-0.4, -0.2) is 40.6 Å². The molecule has 116 valence electrons. The summed E-state index contributed by atoms with van der Waals surface area (Å²) in [5, 5.41) is 4.18. The lowest BCUT2D eigenvalue weighted by Gasteiger charge is -2.33. The van der Waals surface area contributed by atoms with Crippen molar-refractivity contribution in [3.8, 4) is 0 Å². The highest BCUT2D eigenvalue weighted by Gasteiger charge is 2.28. The molecule has 21 heavy (non-hydrogen) atoms. The fourth-order valence-corrected chi connectivity index (χ4v) is 3.84. The number of nitrogens with one attached hydrogen (secondary N) is 1. The van der Waals surface area contributed by atoms with Crippen molar-refractivity contribution in [1.29, 1.82) is 0 Å². The van der Waals surface area contributed by atoms with E-state index in [2.05, 4.69) is 41.9 Å². The van der Waals surface area contributed by atoms with Gasteiger partial charge >= 0.3 is 0 Å². The molecule has 1 aliphatic heterocycles. The lowest BCUT2D eigenvalue weighted by Crippen LogP contribution is -2.38. The van der Waals surface area contributed by atoms with Crippen LogP contribution < -0.4 is 10.2 Å². The number of hydrogen-bond donors (Lipinski definition) is 1. The van der Waals surface area contributed by atoms with E-state index in [9.17, 15) is 0 Å². The molecule has 1 saturated carbocycles. The predicted octanol–water partition coefficient (Wildman–Crippen LogP) is 3.51. The van der Waals surface area contributed by atoms with Gasteiger partial charge in [0.2, 0.25) is 0 Å². The van der Waals surface area contributed by atoms with Crippen LogP contribution in [0.3, 0.4) is 0 Å². The second-order valence-electron chi connectivity index (χ2n) is 6.02. The predicted molar refractivity (Wildman–Crippen MR) is 91.5 cm³/mol. The highest BCUT2D eigenvalue weighted by atomic mass is 32.2. The standard InChI is InChI=1S/C16H26N4S/c1-3-7-17-14-10-15(19-16(18-14)12-5-6-12)20-8-9-21-13(4-2)11-20/h10,12-13H,3-9,11H2,1-2H3,(H,17,18,19). The van der Waals surface area contributed by atoms with Gasteiger partial charge in [0.15, 0.2) is 0 Å². The van der Waals surface area contributed by atoms with E-state index >= 15 is 0 Å². The molecule has 1 aromatic rings. The molecule has 0 spiro atoms. The van der Waals surface area contributed by atoms with Crippen LogP contribution >= 0.6 is 11.8 Å². The van der Waals surface area contributed by atoms with Crippen molar-refractivity contribution in [1.82, 2.24) is 9.97 Å². The van der Waals surface area contributed by atoms with Crippen LogP contribution in [0.5, 0.6) is 0 Å². The van der Waals surface area contributed by atoms with Gasteiger partial charge in [-0.2, -0.15) is 11.8 Å². The average Bonchev–Trinajstić information content (AvgIpc) is 3.37. The fourth-order valence-electron chi connectivity index (χ4n) is 2.66. The van der Waals surface area contributed by atoms with Gasteiger partial charge in [-0.25, -0.2) is 9.97 Å². The van der Waals surface area contributed by atoms with Gasteiger partial charge in [-0.3, -0.25) is 0 Å². The summed E-state index contributed by atoms with van der Waals surface area (Å²) < 4.78 is 0. The number of hydrogen-bond acceptors (Lipinski definition) is 5. The largest absolute Gasteiger partial charge is 0.370 e. The monoisotopic (exact) mass is 306 g/mol. The van der Waals surface area contributed by atoms with Gasteiger partial charge in [0.05, 0.1) is 0 Å². The zero-order valence-corrected chi connectivity index (χ0v) is 14.0. The van der Waals surface area contributed by atoms with E-state index in [0.29, 0.717) is 5.92 Å². The summed E-state index contributed by atoms with van der Waals surface area (Å²) in [6.45, 7) is 7.68. The topological polar surface area (TPSA) is 41.0 Å². The van der Waals surface area contributed by atoms with Gasteiger partial charge in [0.1, 0.15) is 17.5 Å². The molecule has 0 radical (unpaired) electrons. The Kier molecular flexibility index (Phi) is 4.88. The molecule has 1 aromatic heterocycles. The molecule has 2 aliphatic rings. The Bertz CT molecular complexity index is 475. The maximum absolute atomic E-state index is 4.86. The van der Waals surface area contributed by atoms with E-state index < -0.39 is 0 Å². The minimum Gasteiger partial charge on any atom is -0.370 e. The Morgan fingerprint density at radius 1 is 1.33 bits per heavy atom. The van der Waals surface area contributed by atoms with E-state index in [4.69, 9.17) is 9.97 Å². The lowest BCUT2D eigenvalue weighted by atomic mass is 10.3. The molecule has 3 rings (SSSR count).